The zero-order chi connectivity index (χ0) is 16.5. The minimum absolute atomic E-state index is 0.0331. The normalized spacial score (nSPS) is 32.6. The molecule has 0 spiro atoms. The monoisotopic (exact) mass is 327 g/mol. The second-order valence-corrected chi connectivity index (χ2v) is 7.13. The Morgan fingerprint density at radius 3 is 2.48 bits per heavy atom. The van der Waals surface area contributed by atoms with Crippen LogP contribution in [0, 0.1) is 11.3 Å². The standard InChI is InChI=1S/C16H16F3NO3/c17-16(18,19)23-12-3-1-2-10(4-12)14-7-15(8-14,9-14)11-5-20(6-11)13(21)22/h1-4,11H,5-9H2,(H,21,22). The summed E-state index contributed by atoms with van der Waals surface area (Å²) >= 11 is 0. The molecule has 7 heteroatoms. The molecule has 3 aliphatic carbocycles. The van der Waals surface area contributed by atoms with Crippen molar-refractivity contribution in [3.63, 3.8) is 0 Å². The van der Waals surface area contributed by atoms with Gasteiger partial charge in [0.2, 0.25) is 0 Å². The summed E-state index contributed by atoms with van der Waals surface area (Å²) in [5.74, 6) is 0.226. The fourth-order valence-electron chi connectivity index (χ4n) is 4.65. The minimum Gasteiger partial charge on any atom is -0.465 e. The first-order valence-corrected chi connectivity index (χ1v) is 7.56. The fourth-order valence-corrected chi connectivity index (χ4v) is 4.65. The molecule has 0 aromatic heterocycles. The van der Waals surface area contributed by atoms with E-state index in [0.29, 0.717) is 19.0 Å². The van der Waals surface area contributed by atoms with Crippen molar-refractivity contribution < 1.29 is 27.8 Å². The maximum atomic E-state index is 12.3. The van der Waals surface area contributed by atoms with Gasteiger partial charge in [0.05, 0.1) is 0 Å². The zero-order valence-corrected chi connectivity index (χ0v) is 12.3. The summed E-state index contributed by atoms with van der Waals surface area (Å²) in [6.45, 7) is 1.17. The van der Waals surface area contributed by atoms with Gasteiger partial charge in [-0.3, -0.25) is 0 Å². The van der Waals surface area contributed by atoms with Gasteiger partial charge >= 0.3 is 12.5 Å². The molecule has 124 valence electrons. The minimum atomic E-state index is -4.68. The number of hydrogen-bond acceptors (Lipinski definition) is 2. The van der Waals surface area contributed by atoms with E-state index < -0.39 is 12.5 Å². The first-order valence-electron chi connectivity index (χ1n) is 7.56. The molecule has 1 amide bonds. The van der Waals surface area contributed by atoms with Gasteiger partial charge in [-0.25, -0.2) is 4.79 Å². The van der Waals surface area contributed by atoms with Crippen molar-refractivity contribution in [2.75, 3.05) is 13.1 Å². The molecule has 1 N–H and O–H groups in total. The molecule has 2 bridgehead atoms. The number of ether oxygens (including phenoxy) is 1. The molecule has 1 aliphatic heterocycles. The van der Waals surface area contributed by atoms with Crippen LogP contribution in [-0.4, -0.2) is 35.6 Å². The summed E-state index contributed by atoms with van der Waals surface area (Å²) < 4.78 is 41.0. The first kappa shape index (κ1) is 14.7. The Morgan fingerprint density at radius 2 is 1.91 bits per heavy atom. The Morgan fingerprint density at radius 1 is 1.26 bits per heavy atom. The van der Waals surface area contributed by atoms with Gasteiger partial charge in [0.25, 0.3) is 0 Å². The number of benzene rings is 1. The molecular formula is C16H16F3NO3. The lowest BCUT2D eigenvalue weighted by Crippen LogP contribution is -2.72. The van der Waals surface area contributed by atoms with Gasteiger partial charge in [-0.1, -0.05) is 12.1 Å². The van der Waals surface area contributed by atoms with Crippen LogP contribution in [0.5, 0.6) is 5.75 Å². The van der Waals surface area contributed by atoms with Gasteiger partial charge in [-0.2, -0.15) is 0 Å². The number of carboxylic acid groups (broad SMARTS) is 1. The molecule has 1 aromatic carbocycles. The second-order valence-electron chi connectivity index (χ2n) is 7.13. The number of likely N-dealkylation sites (tertiary alicyclic amines) is 1. The lowest BCUT2D eigenvalue weighted by atomic mass is 9.30. The van der Waals surface area contributed by atoms with Crippen molar-refractivity contribution in [3.8, 4) is 5.75 Å². The number of amides is 1. The first-order chi connectivity index (χ1) is 10.7. The quantitative estimate of drug-likeness (QED) is 0.922. The van der Waals surface area contributed by atoms with Crippen molar-refractivity contribution in [1.82, 2.24) is 4.90 Å². The van der Waals surface area contributed by atoms with Gasteiger partial charge in [-0.15, -0.1) is 13.2 Å². The SMILES string of the molecule is O=C(O)N1CC(C23CC(c4cccc(OC(F)(F)F)c4)(C2)C3)C1. The smallest absolute Gasteiger partial charge is 0.465 e. The molecule has 1 saturated heterocycles. The molecule has 1 aromatic rings. The largest absolute Gasteiger partial charge is 0.573 e. The lowest BCUT2D eigenvalue weighted by Gasteiger charge is -2.75. The van der Waals surface area contributed by atoms with Crippen molar-refractivity contribution in [2.45, 2.75) is 31.0 Å². The van der Waals surface area contributed by atoms with Gasteiger partial charge in [0.15, 0.2) is 0 Å². The van der Waals surface area contributed by atoms with Crippen LogP contribution in [0.15, 0.2) is 24.3 Å². The van der Waals surface area contributed by atoms with Crippen LogP contribution in [0.4, 0.5) is 18.0 Å². The van der Waals surface area contributed by atoms with Gasteiger partial charge in [-0.05, 0) is 47.8 Å². The summed E-state index contributed by atoms with van der Waals surface area (Å²) in [7, 11) is 0. The van der Waals surface area contributed by atoms with Crippen molar-refractivity contribution >= 4 is 6.09 Å². The predicted octanol–water partition coefficient (Wildman–Crippen LogP) is 3.62. The molecule has 3 saturated carbocycles. The molecule has 1 heterocycles. The number of hydrogen-bond donors (Lipinski definition) is 1. The number of rotatable bonds is 3. The predicted molar refractivity (Wildman–Crippen MR) is 74.2 cm³/mol. The number of carbonyl (C=O) groups is 1. The average molecular weight is 327 g/mol. The summed E-state index contributed by atoms with van der Waals surface area (Å²) in [4.78, 5) is 12.2. The van der Waals surface area contributed by atoms with E-state index in [0.717, 1.165) is 24.8 Å². The van der Waals surface area contributed by atoms with Gasteiger partial charge in [0, 0.05) is 19.0 Å². The molecule has 0 unspecified atom stereocenters. The van der Waals surface area contributed by atoms with E-state index in [2.05, 4.69) is 4.74 Å². The summed E-state index contributed by atoms with van der Waals surface area (Å²) in [6.07, 6.45) is -2.74. The molecule has 4 aliphatic rings. The summed E-state index contributed by atoms with van der Waals surface area (Å²) in [5.41, 5.74) is 1.07. The highest BCUT2D eigenvalue weighted by Crippen LogP contribution is 2.77. The van der Waals surface area contributed by atoms with Crippen LogP contribution in [0.2, 0.25) is 0 Å². The van der Waals surface area contributed by atoms with Gasteiger partial charge in [0.1, 0.15) is 5.75 Å². The third-order valence-corrected chi connectivity index (χ3v) is 5.77. The van der Waals surface area contributed by atoms with Crippen LogP contribution in [0.25, 0.3) is 0 Å². The third-order valence-electron chi connectivity index (χ3n) is 5.77. The maximum Gasteiger partial charge on any atom is 0.573 e. The van der Waals surface area contributed by atoms with E-state index >= 15 is 0 Å². The van der Waals surface area contributed by atoms with E-state index in [9.17, 15) is 18.0 Å². The highest BCUT2D eigenvalue weighted by Gasteiger charge is 2.72. The topological polar surface area (TPSA) is 49.8 Å². The van der Waals surface area contributed by atoms with Crippen LogP contribution in [0.1, 0.15) is 24.8 Å². The van der Waals surface area contributed by atoms with E-state index in [4.69, 9.17) is 5.11 Å². The van der Waals surface area contributed by atoms with Crippen molar-refractivity contribution in [2.24, 2.45) is 11.3 Å². The molecule has 4 nitrogen and oxygen atoms in total. The van der Waals surface area contributed by atoms with Crippen LogP contribution < -0.4 is 4.74 Å². The Kier molecular flexibility index (Phi) is 2.76. The van der Waals surface area contributed by atoms with E-state index in [1.165, 1.54) is 17.0 Å². The Hall–Kier alpha value is -1.92. The molecule has 23 heavy (non-hydrogen) atoms. The van der Waals surface area contributed by atoms with E-state index in [1.807, 2.05) is 6.07 Å². The zero-order valence-electron chi connectivity index (χ0n) is 12.3. The maximum absolute atomic E-state index is 12.3. The Bertz CT molecular complexity index is 647. The number of alkyl halides is 3. The fraction of sp³-hybridized carbons (Fsp3) is 0.562. The molecular weight excluding hydrogens is 311 g/mol. The van der Waals surface area contributed by atoms with Crippen LogP contribution >= 0.6 is 0 Å². The Balaban J connectivity index is 1.41. The molecule has 4 fully saturated rings. The lowest BCUT2D eigenvalue weighted by molar-refractivity contribution is -0.274. The molecule has 5 rings (SSSR count). The Labute approximate surface area is 130 Å². The van der Waals surface area contributed by atoms with Crippen molar-refractivity contribution in [3.05, 3.63) is 29.8 Å². The highest BCUT2D eigenvalue weighted by molar-refractivity contribution is 5.66. The molecule has 0 radical (unpaired) electrons. The second kappa shape index (κ2) is 4.33. The number of nitrogens with zero attached hydrogens (tertiary/aromatic N) is 1. The van der Waals surface area contributed by atoms with Crippen LogP contribution in [-0.2, 0) is 5.41 Å². The third kappa shape index (κ3) is 2.16. The molecule has 0 atom stereocenters. The van der Waals surface area contributed by atoms with Gasteiger partial charge < -0.3 is 14.7 Å². The highest BCUT2D eigenvalue weighted by atomic mass is 19.4. The van der Waals surface area contributed by atoms with E-state index in [1.54, 1.807) is 6.07 Å². The van der Waals surface area contributed by atoms with Crippen molar-refractivity contribution in [1.29, 1.82) is 0 Å². The van der Waals surface area contributed by atoms with E-state index in [-0.39, 0.29) is 16.6 Å². The number of halogens is 3. The average Bonchev–Trinajstić information content (AvgIpc) is 2.26. The summed E-state index contributed by atoms with van der Waals surface area (Å²) in [6, 6.07) is 6.26. The summed E-state index contributed by atoms with van der Waals surface area (Å²) in [5, 5.41) is 8.89. The van der Waals surface area contributed by atoms with Crippen LogP contribution in [0.3, 0.4) is 0 Å².